The lowest BCUT2D eigenvalue weighted by molar-refractivity contribution is -0.384. The Morgan fingerprint density at radius 1 is 1.05 bits per heavy atom. The molecule has 0 spiro atoms. The van der Waals surface area contributed by atoms with Crippen molar-refractivity contribution in [2.45, 2.75) is 0 Å². The molecule has 0 bridgehead atoms. The summed E-state index contributed by atoms with van der Waals surface area (Å²) in [6.45, 7) is 0. The van der Waals surface area contributed by atoms with Crippen LogP contribution in [0.1, 0.15) is 0 Å². The van der Waals surface area contributed by atoms with Gasteiger partial charge in [0.2, 0.25) is 0 Å². The highest BCUT2D eigenvalue weighted by Gasteiger charge is 2.03. The molecule has 1 N–H and O–H groups in total. The normalized spacial score (nSPS) is 9.47. The van der Waals surface area contributed by atoms with E-state index in [1.54, 1.807) is 24.3 Å². The van der Waals surface area contributed by atoms with Gasteiger partial charge < -0.3 is 5.32 Å². The van der Waals surface area contributed by atoms with Crippen LogP contribution >= 0.6 is 12.2 Å². The lowest BCUT2D eigenvalue weighted by Gasteiger charge is -2.05. The van der Waals surface area contributed by atoms with Crippen molar-refractivity contribution in [1.29, 1.82) is 0 Å². The van der Waals surface area contributed by atoms with Gasteiger partial charge in [0.15, 0.2) is 0 Å². The molecule has 0 aliphatic heterocycles. The third-order valence-corrected chi connectivity index (χ3v) is 2.50. The molecule has 6 heteroatoms. The summed E-state index contributed by atoms with van der Waals surface area (Å²) in [6.07, 6.45) is 0. The maximum absolute atomic E-state index is 10.5. The van der Waals surface area contributed by atoms with Crippen molar-refractivity contribution in [1.82, 2.24) is 0 Å². The van der Waals surface area contributed by atoms with Crippen molar-refractivity contribution in [3.8, 4) is 0 Å². The quantitative estimate of drug-likeness (QED) is 0.394. The number of rotatable bonds is 4. The molecule has 0 heterocycles. The highest BCUT2D eigenvalue weighted by Crippen LogP contribution is 2.22. The van der Waals surface area contributed by atoms with Gasteiger partial charge in [0, 0.05) is 23.5 Å². The smallest absolute Gasteiger partial charge is 0.269 e. The van der Waals surface area contributed by atoms with E-state index in [0.29, 0.717) is 0 Å². The Morgan fingerprint density at radius 2 is 1.58 bits per heavy atom. The third kappa shape index (κ3) is 3.45. The zero-order valence-electron chi connectivity index (χ0n) is 9.74. The van der Waals surface area contributed by atoms with E-state index < -0.39 is 4.92 Å². The Balaban J connectivity index is 2.12. The summed E-state index contributed by atoms with van der Waals surface area (Å²) in [7, 11) is 0. The minimum atomic E-state index is -0.429. The van der Waals surface area contributed by atoms with Crippen molar-refractivity contribution in [3.63, 3.8) is 0 Å². The number of isothiocyanates is 1. The molecule has 0 atom stereocenters. The molecule has 2 aromatic rings. The van der Waals surface area contributed by atoms with Crippen LogP contribution in [0.5, 0.6) is 0 Å². The molecule has 0 unspecified atom stereocenters. The molecular weight excluding hydrogens is 262 g/mol. The van der Waals surface area contributed by atoms with Crippen LogP contribution in [0.15, 0.2) is 53.5 Å². The van der Waals surface area contributed by atoms with E-state index in [2.05, 4.69) is 27.7 Å². The molecule has 0 radical (unpaired) electrons. The molecule has 0 aliphatic rings. The summed E-state index contributed by atoms with van der Waals surface area (Å²) in [5.41, 5.74) is 2.43. The van der Waals surface area contributed by atoms with E-state index in [4.69, 9.17) is 0 Å². The number of benzene rings is 2. The van der Waals surface area contributed by atoms with Gasteiger partial charge in [-0.15, -0.1) is 0 Å². The molecule has 94 valence electrons. The molecule has 2 aromatic carbocycles. The minimum absolute atomic E-state index is 0.0659. The predicted molar refractivity (Wildman–Crippen MR) is 77.5 cm³/mol. The summed E-state index contributed by atoms with van der Waals surface area (Å²) < 4.78 is 0. The second-order valence-electron chi connectivity index (χ2n) is 3.68. The summed E-state index contributed by atoms with van der Waals surface area (Å²) in [4.78, 5) is 13.9. The number of hydrogen-bond donors (Lipinski definition) is 1. The van der Waals surface area contributed by atoms with Gasteiger partial charge in [-0.05, 0) is 48.6 Å². The van der Waals surface area contributed by atoms with Gasteiger partial charge in [-0.25, -0.2) is 0 Å². The number of thiocarbonyl (C=S) groups is 1. The topological polar surface area (TPSA) is 67.5 Å². The number of anilines is 2. The standard InChI is InChI=1S/C13H9N3O2S/c17-16(18)13-7-5-12(6-8-13)15-11-3-1-10(2-4-11)14-9-19/h1-8,15H. The number of non-ortho nitro benzene ring substituents is 1. The lowest BCUT2D eigenvalue weighted by Crippen LogP contribution is -1.91. The Hall–Kier alpha value is -2.56. The fourth-order valence-corrected chi connectivity index (χ4v) is 1.61. The Morgan fingerprint density at radius 3 is 2.05 bits per heavy atom. The second-order valence-corrected chi connectivity index (χ2v) is 3.86. The lowest BCUT2D eigenvalue weighted by atomic mass is 10.2. The summed E-state index contributed by atoms with van der Waals surface area (Å²) in [5.74, 6) is 0. The monoisotopic (exact) mass is 271 g/mol. The highest BCUT2D eigenvalue weighted by molar-refractivity contribution is 7.78. The van der Waals surface area contributed by atoms with E-state index in [1.807, 2.05) is 12.1 Å². The zero-order valence-corrected chi connectivity index (χ0v) is 10.6. The average Bonchev–Trinajstić information content (AvgIpc) is 2.42. The zero-order chi connectivity index (χ0) is 13.7. The molecule has 0 aliphatic carbocycles. The molecule has 0 fully saturated rings. The number of hydrogen-bond acceptors (Lipinski definition) is 5. The van der Waals surface area contributed by atoms with Crippen LogP contribution < -0.4 is 5.32 Å². The largest absolute Gasteiger partial charge is 0.356 e. The number of nitrogens with one attached hydrogen (secondary N) is 1. The molecule has 0 saturated heterocycles. The molecule has 2 rings (SSSR count). The van der Waals surface area contributed by atoms with Crippen molar-refractivity contribution >= 4 is 40.1 Å². The van der Waals surface area contributed by atoms with Crippen molar-refractivity contribution < 1.29 is 4.92 Å². The fraction of sp³-hybridized carbons (Fsp3) is 0. The number of aliphatic imine (C=N–C) groups is 1. The Bertz CT molecular complexity index is 588. The maximum Gasteiger partial charge on any atom is 0.269 e. The van der Waals surface area contributed by atoms with E-state index in [0.717, 1.165) is 17.1 Å². The summed E-state index contributed by atoms with van der Waals surface area (Å²) in [6, 6.07) is 13.5. The molecular formula is C13H9N3O2S. The van der Waals surface area contributed by atoms with E-state index in [1.165, 1.54) is 12.1 Å². The third-order valence-electron chi connectivity index (χ3n) is 2.41. The van der Waals surface area contributed by atoms with Gasteiger partial charge in [0.1, 0.15) is 0 Å². The van der Waals surface area contributed by atoms with Crippen LogP contribution in [-0.2, 0) is 0 Å². The first-order valence-corrected chi connectivity index (χ1v) is 5.79. The molecule has 0 saturated carbocycles. The Kier molecular flexibility index (Phi) is 3.97. The first kappa shape index (κ1) is 12.9. The van der Waals surface area contributed by atoms with Gasteiger partial charge in [-0.2, -0.15) is 4.99 Å². The first-order chi connectivity index (χ1) is 9.19. The summed E-state index contributed by atoms with van der Waals surface area (Å²) in [5, 5.41) is 16.0. The number of nitrogens with zero attached hydrogens (tertiary/aromatic N) is 2. The van der Waals surface area contributed by atoms with Gasteiger partial charge in [0.05, 0.1) is 15.8 Å². The predicted octanol–water partition coefficient (Wildman–Crippen LogP) is 4.07. The van der Waals surface area contributed by atoms with E-state index in [-0.39, 0.29) is 5.69 Å². The first-order valence-electron chi connectivity index (χ1n) is 5.38. The van der Waals surface area contributed by atoms with Gasteiger partial charge in [-0.1, -0.05) is 0 Å². The summed E-state index contributed by atoms with van der Waals surface area (Å²) >= 11 is 4.52. The highest BCUT2D eigenvalue weighted by atomic mass is 32.1. The Labute approximate surface area is 114 Å². The van der Waals surface area contributed by atoms with Crippen molar-refractivity contribution in [2.24, 2.45) is 4.99 Å². The van der Waals surface area contributed by atoms with Gasteiger partial charge in [0.25, 0.3) is 5.69 Å². The van der Waals surface area contributed by atoms with Crippen molar-refractivity contribution in [3.05, 3.63) is 58.6 Å². The van der Waals surface area contributed by atoms with Crippen LogP contribution in [0.3, 0.4) is 0 Å². The van der Waals surface area contributed by atoms with Crippen LogP contribution in [0.25, 0.3) is 0 Å². The minimum Gasteiger partial charge on any atom is -0.356 e. The van der Waals surface area contributed by atoms with Crippen LogP contribution in [-0.4, -0.2) is 10.1 Å². The van der Waals surface area contributed by atoms with Crippen LogP contribution in [0.2, 0.25) is 0 Å². The SMILES string of the molecule is O=[N+]([O-])c1ccc(Nc2ccc(N=C=S)cc2)cc1. The van der Waals surface area contributed by atoms with Gasteiger partial charge >= 0.3 is 0 Å². The number of nitro benzene ring substituents is 1. The van der Waals surface area contributed by atoms with Gasteiger partial charge in [-0.3, -0.25) is 10.1 Å². The molecule has 0 aromatic heterocycles. The number of nitro groups is 1. The second kappa shape index (κ2) is 5.86. The fourth-order valence-electron chi connectivity index (χ4n) is 1.51. The molecule has 5 nitrogen and oxygen atoms in total. The van der Waals surface area contributed by atoms with Crippen molar-refractivity contribution in [2.75, 3.05) is 5.32 Å². The van der Waals surface area contributed by atoms with Crippen LogP contribution in [0, 0.1) is 10.1 Å². The maximum atomic E-state index is 10.5. The molecule has 0 amide bonds. The van der Waals surface area contributed by atoms with E-state index >= 15 is 0 Å². The van der Waals surface area contributed by atoms with Crippen LogP contribution in [0.4, 0.5) is 22.7 Å². The molecule has 19 heavy (non-hydrogen) atoms. The average molecular weight is 271 g/mol. The van der Waals surface area contributed by atoms with E-state index in [9.17, 15) is 10.1 Å².